The molecule has 8 heteroatoms. The lowest BCUT2D eigenvalue weighted by Crippen LogP contribution is -2.49. The summed E-state index contributed by atoms with van der Waals surface area (Å²) >= 11 is 1.69. The molecule has 1 fully saturated rings. The molecule has 27 heavy (non-hydrogen) atoms. The molecule has 0 saturated carbocycles. The number of carbonyl (C=O) groups is 1. The highest BCUT2D eigenvalue weighted by Crippen LogP contribution is 2.36. The molecule has 3 heterocycles. The Kier molecular flexibility index (Phi) is 4.51. The molecule has 4 rings (SSSR count). The summed E-state index contributed by atoms with van der Waals surface area (Å²) in [5.41, 5.74) is 3.71. The Morgan fingerprint density at radius 1 is 1.15 bits per heavy atom. The molecule has 0 radical (unpaired) electrons. The Morgan fingerprint density at radius 2 is 1.89 bits per heavy atom. The van der Waals surface area contributed by atoms with Crippen molar-refractivity contribution in [2.75, 3.05) is 38.2 Å². The smallest absolute Gasteiger partial charge is 0.272 e. The van der Waals surface area contributed by atoms with Crippen LogP contribution in [-0.2, 0) is 7.05 Å². The van der Waals surface area contributed by atoms with E-state index in [0.717, 1.165) is 39.8 Å². The molecule has 0 aliphatic carbocycles. The number of piperazine rings is 1. The van der Waals surface area contributed by atoms with E-state index in [9.17, 15) is 4.79 Å². The van der Waals surface area contributed by atoms with Crippen molar-refractivity contribution in [2.24, 2.45) is 7.05 Å². The number of aryl methyl sites for hydroxylation is 3. The fourth-order valence-electron chi connectivity index (χ4n) is 3.50. The Labute approximate surface area is 162 Å². The zero-order valence-electron chi connectivity index (χ0n) is 16.0. The van der Waals surface area contributed by atoms with Gasteiger partial charge < -0.3 is 14.5 Å². The number of nitrogens with zero attached hydrogens (tertiary/aromatic N) is 5. The van der Waals surface area contributed by atoms with E-state index in [1.807, 2.05) is 24.9 Å². The molecule has 1 amide bonds. The second-order valence-corrected chi connectivity index (χ2v) is 7.82. The number of thiazole rings is 1. The van der Waals surface area contributed by atoms with Crippen molar-refractivity contribution in [1.82, 2.24) is 19.7 Å². The zero-order chi connectivity index (χ0) is 19.1. The van der Waals surface area contributed by atoms with Crippen LogP contribution in [0.25, 0.3) is 10.2 Å². The number of ether oxygens (including phenoxy) is 1. The SMILES string of the molecule is COc1ccc(C)c2sc(N3CCN(C(=O)c4c(C)cnn4C)CC3)nc12. The van der Waals surface area contributed by atoms with E-state index in [-0.39, 0.29) is 5.91 Å². The number of amides is 1. The number of anilines is 1. The Bertz CT molecular complexity index is 982. The van der Waals surface area contributed by atoms with E-state index in [2.05, 4.69) is 23.0 Å². The third-order valence-corrected chi connectivity index (χ3v) is 6.33. The number of methoxy groups -OCH3 is 1. The van der Waals surface area contributed by atoms with Gasteiger partial charge in [0.05, 0.1) is 18.0 Å². The van der Waals surface area contributed by atoms with Gasteiger partial charge in [0.15, 0.2) is 5.13 Å². The maximum absolute atomic E-state index is 12.8. The second kappa shape index (κ2) is 6.84. The van der Waals surface area contributed by atoms with Gasteiger partial charge in [0, 0.05) is 33.2 Å². The van der Waals surface area contributed by atoms with Crippen LogP contribution in [0.4, 0.5) is 5.13 Å². The van der Waals surface area contributed by atoms with E-state index < -0.39 is 0 Å². The summed E-state index contributed by atoms with van der Waals surface area (Å²) < 4.78 is 8.28. The molecule has 0 spiro atoms. The average Bonchev–Trinajstić information content (AvgIpc) is 3.26. The molecule has 142 valence electrons. The first kappa shape index (κ1) is 17.8. The number of benzene rings is 1. The van der Waals surface area contributed by atoms with E-state index in [1.165, 1.54) is 5.56 Å². The first-order valence-corrected chi connectivity index (χ1v) is 9.78. The number of rotatable bonds is 3. The molecule has 3 aromatic rings. The molecular formula is C19H23N5O2S. The van der Waals surface area contributed by atoms with Gasteiger partial charge in [-0.05, 0) is 31.0 Å². The minimum atomic E-state index is 0.0500. The molecular weight excluding hydrogens is 362 g/mol. The molecule has 0 N–H and O–H groups in total. The zero-order valence-corrected chi connectivity index (χ0v) is 16.8. The highest BCUT2D eigenvalue weighted by molar-refractivity contribution is 7.22. The van der Waals surface area contributed by atoms with E-state index in [4.69, 9.17) is 9.72 Å². The van der Waals surface area contributed by atoms with Crippen LogP contribution >= 0.6 is 11.3 Å². The first-order valence-electron chi connectivity index (χ1n) is 8.96. The summed E-state index contributed by atoms with van der Waals surface area (Å²) in [6.07, 6.45) is 1.74. The van der Waals surface area contributed by atoms with Crippen molar-refractivity contribution in [2.45, 2.75) is 13.8 Å². The Hall–Kier alpha value is -2.61. The van der Waals surface area contributed by atoms with Gasteiger partial charge >= 0.3 is 0 Å². The summed E-state index contributed by atoms with van der Waals surface area (Å²) in [6, 6.07) is 4.03. The standard InChI is InChI=1S/C19H23N5O2S/c1-12-5-6-14(26-4)15-17(12)27-19(21-15)24-9-7-23(8-10-24)18(25)16-13(2)11-20-22(16)3/h5-6,11H,7-10H2,1-4H3. The van der Waals surface area contributed by atoms with Crippen LogP contribution in [0.3, 0.4) is 0 Å². The predicted molar refractivity (Wildman–Crippen MR) is 107 cm³/mol. The summed E-state index contributed by atoms with van der Waals surface area (Å²) in [7, 11) is 3.49. The molecule has 0 atom stereocenters. The largest absolute Gasteiger partial charge is 0.494 e. The van der Waals surface area contributed by atoms with E-state index in [0.29, 0.717) is 18.8 Å². The maximum Gasteiger partial charge on any atom is 0.272 e. The fourth-order valence-corrected chi connectivity index (χ4v) is 4.61. The highest BCUT2D eigenvalue weighted by Gasteiger charge is 2.27. The lowest BCUT2D eigenvalue weighted by atomic mass is 10.2. The topological polar surface area (TPSA) is 63.5 Å². The number of aromatic nitrogens is 3. The van der Waals surface area contributed by atoms with Crippen molar-refractivity contribution in [1.29, 1.82) is 0 Å². The third-order valence-electron chi connectivity index (χ3n) is 5.07. The quantitative estimate of drug-likeness (QED) is 0.694. The van der Waals surface area contributed by atoms with Crippen molar-refractivity contribution >= 4 is 32.6 Å². The van der Waals surface area contributed by atoms with Gasteiger partial charge in [0.25, 0.3) is 5.91 Å². The first-order chi connectivity index (χ1) is 13.0. The number of carbonyl (C=O) groups excluding carboxylic acids is 1. The molecule has 1 aliphatic rings. The predicted octanol–water partition coefficient (Wildman–Crippen LogP) is 2.62. The minimum absolute atomic E-state index is 0.0500. The lowest BCUT2D eigenvalue weighted by Gasteiger charge is -2.34. The second-order valence-electron chi connectivity index (χ2n) is 6.84. The van der Waals surface area contributed by atoms with Crippen LogP contribution in [0, 0.1) is 13.8 Å². The highest BCUT2D eigenvalue weighted by atomic mass is 32.1. The van der Waals surface area contributed by atoms with Gasteiger partial charge in [0.1, 0.15) is 17.0 Å². The van der Waals surface area contributed by atoms with Gasteiger partial charge in [-0.3, -0.25) is 9.48 Å². The summed E-state index contributed by atoms with van der Waals surface area (Å²) in [4.78, 5) is 21.8. The fraction of sp³-hybridized carbons (Fsp3) is 0.421. The molecule has 1 aliphatic heterocycles. The van der Waals surface area contributed by atoms with E-state index in [1.54, 1.807) is 29.3 Å². The van der Waals surface area contributed by atoms with E-state index >= 15 is 0 Å². The van der Waals surface area contributed by atoms with Gasteiger partial charge in [-0.2, -0.15) is 5.10 Å². The summed E-state index contributed by atoms with van der Waals surface area (Å²) in [5, 5.41) is 5.17. The lowest BCUT2D eigenvalue weighted by molar-refractivity contribution is 0.0735. The van der Waals surface area contributed by atoms with Crippen LogP contribution in [0.1, 0.15) is 21.6 Å². The van der Waals surface area contributed by atoms with Crippen molar-refractivity contribution in [3.05, 3.63) is 35.2 Å². The molecule has 1 saturated heterocycles. The van der Waals surface area contributed by atoms with Gasteiger partial charge in [0.2, 0.25) is 0 Å². The van der Waals surface area contributed by atoms with Crippen molar-refractivity contribution < 1.29 is 9.53 Å². The number of fused-ring (bicyclic) bond motifs is 1. The number of hydrogen-bond acceptors (Lipinski definition) is 6. The van der Waals surface area contributed by atoms with Crippen LogP contribution in [0.5, 0.6) is 5.75 Å². The van der Waals surface area contributed by atoms with Gasteiger partial charge in [-0.15, -0.1) is 0 Å². The molecule has 7 nitrogen and oxygen atoms in total. The minimum Gasteiger partial charge on any atom is -0.494 e. The molecule has 1 aromatic carbocycles. The van der Waals surface area contributed by atoms with Gasteiger partial charge in [-0.25, -0.2) is 4.98 Å². The Morgan fingerprint density at radius 3 is 2.52 bits per heavy atom. The Balaban J connectivity index is 1.52. The van der Waals surface area contributed by atoms with Crippen LogP contribution in [0.2, 0.25) is 0 Å². The van der Waals surface area contributed by atoms with Crippen molar-refractivity contribution in [3.8, 4) is 5.75 Å². The number of hydrogen-bond donors (Lipinski definition) is 0. The van der Waals surface area contributed by atoms with Crippen LogP contribution in [0.15, 0.2) is 18.3 Å². The van der Waals surface area contributed by atoms with Crippen LogP contribution in [-0.4, -0.2) is 58.9 Å². The molecule has 0 unspecified atom stereocenters. The van der Waals surface area contributed by atoms with Crippen molar-refractivity contribution in [3.63, 3.8) is 0 Å². The third kappa shape index (κ3) is 3.03. The molecule has 0 bridgehead atoms. The summed E-state index contributed by atoms with van der Waals surface area (Å²) in [5.74, 6) is 0.854. The van der Waals surface area contributed by atoms with Gasteiger partial charge in [-0.1, -0.05) is 17.4 Å². The summed E-state index contributed by atoms with van der Waals surface area (Å²) in [6.45, 7) is 6.91. The maximum atomic E-state index is 12.8. The van der Waals surface area contributed by atoms with Crippen LogP contribution < -0.4 is 9.64 Å². The molecule has 2 aromatic heterocycles. The normalized spacial score (nSPS) is 14.8. The monoisotopic (exact) mass is 385 g/mol. The average molecular weight is 385 g/mol.